The number of aromatic nitrogens is 1. The number of hydrogen-bond acceptors (Lipinski definition) is 4. The Balaban J connectivity index is 1.97. The molecule has 0 unspecified atom stereocenters. The zero-order chi connectivity index (χ0) is 13.5. The smallest absolute Gasteiger partial charge is 0.136 e. The highest BCUT2D eigenvalue weighted by molar-refractivity contribution is 5.93. The van der Waals surface area contributed by atoms with Crippen molar-refractivity contribution in [1.29, 1.82) is 0 Å². The Hall–Kier alpha value is -1.81. The highest BCUT2D eigenvalue weighted by Gasteiger charge is 2.40. The van der Waals surface area contributed by atoms with Crippen LogP contribution in [0.3, 0.4) is 0 Å². The van der Waals surface area contributed by atoms with Gasteiger partial charge in [-0.2, -0.15) is 0 Å². The summed E-state index contributed by atoms with van der Waals surface area (Å²) in [5.74, 6) is 1.79. The van der Waals surface area contributed by atoms with Gasteiger partial charge in [-0.15, -0.1) is 0 Å². The maximum absolute atomic E-state index is 10.1. The van der Waals surface area contributed by atoms with E-state index in [2.05, 4.69) is 9.88 Å². The van der Waals surface area contributed by atoms with Gasteiger partial charge in [0.25, 0.3) is 0 Å². The summed E-state index contributed by atoms with van der Waals surface area (Å²) in [6.45, 7) is 3.32. The van der Waals surface area contributed by atoms with Gasteiger partial charge in [0.15, 0.2) is 0 Å². The van der Waals surface area contributed by atoms with Gasteiger partial charge in [0.05, 0.1) is 12.7 Å². The number of nitrogens with zero attached hydrogens (tertiary/aromatic N) is 2. The highest BCUT2D eigenvalue weighted by atomic mass is 16.5. The lowest BCUT2D eigenvalue weighted by Gasteiger charge is -2.47. The van der Waals surface area contributed by atoms with Gasteiger partial charge in [0, 0.05) is 24.7 Å². The van der Waals surface area contributed by atoms with Crippen LogP contribution in [-0.2, 0) is 0 Å². The number of rotatable bonds is 3. The first-order valence-electron chi connectivity index (χ1n) is 6.55. The molecule has 4 nitrogen and oxygen atoms in total. The number of aliphatic hydroxyl groups is 1. The van der Waals surface area contributed by atoms with Crippen LogP contribution in [0.4, 0.5) is 5.82 Å². The lowest BCUT2D eigenvalue weighted by Crippen LogP contribution is -2.61. The number of β-amino-alcohol motifs (C(OH)–C–C–N with tert-alkyl or cyclic N) is 1. The number of methoxy groups -OCH3 is 1. The summed E-state index contributed by atoms with van der Waals surface area (Å²) in [6, 6.07) is 7.96. The first kappa shape index (κ1) is 12.2. The normalized spacial score (nSPS) is 17.3. The second kappa shape index (κ2) is 4.38. The van der Waals surface area contributed by atoms with E-state index in [1.54, 1.807) is 13.3 Å². The third-order valence-electron chi connectivity index (χ3n) is 3.88. The van der Waals surface area contributed by atoms with Gasteiger partial charge in [0.2, 0.25) is 0 Å². The Morgan fingerprint density at radius 3 is 2.84 bits per heavy atom. The fourth-order valence-corrected chi connectivity index (χ4v) is 2.56. The quantitative estimate of drug-likeness (QED) is 0.916. The van der Waals surface area contributed by atoms with Crippen molar-refractivity contribution in [2.45, 2.75) is 18.9 Å². The van der Waals surface area contributed by atoms with Crippen molar-refractivity contribution >= 4 is 16.6 Å². The number of fused-ring (bicyclic) bond motifs is 1. The zero-order valence-corrected chi connectivity index (χ0v) is 11.3. The second-order valence-electron chi connectivity index (χ2n) is 5.16. The van der Waals surface area contributed by atoms with Gasteiger partial charge >= 0.3 is 0 Å². The molecule has 100 valence electrons. The number of benzene rings is 1. The molecule has 0 bridgehead atoms. The fourth-order valence-electron chi connectivity index (χ4n) is 2.56. The molecule has 0 amide bonds. The molecule has 1 fully saturated rings. The van der Waals surface area contributed by atoms with E-state index in [4.69, 9.17) is 4.74 Å². The molecule has 3 rings (SSSR count). The number of anilines is 1. The Morgan fingerprint density at radius 1 is 1.37 bits per heavy atom. The van der Waals surface area contributed by atoms with Crippen molar-refractivity contribution in [1.82, 2.24) is 4.98 Å². The molecule has 0 atom stereocenters. The van der Waals surface area contributed by atoms with Crippen LogP contribution in [0.25, 0.3) is 10.8 Å². The first-order chi connectivity index (χ1) is 9.15. The topological polar surface area (TPSA) is 45.6 Å². The van der Waals surface area contributed by atoms with Crippen LogP contribution >= 0.6 is 0 Å². The third kappa shape index (κ3) is 2.02. The molecule has 1 saturated heterocycles. The monoisotopic (exact) mass is 258 g/mol. The van der Waals surface area contributed by atoms with E-state index in [1.165, 1.54) is 0 Å². The first-order valence-corrected chi connectivity index (χ1v) is 6.55. The van der Waals surface area contributed by atoms with E-state index in [0.717, 1.165) is 28.8 Å². The molecule has 1 N–H and O–H groups in total. The SMILES string of the molecule is CCC1(O)CN(c2nccc3cc(OC)ccc23)C1. The maximum atomic E-state index is 10.1. The van der Waals surface area contributed by atoms with E-state index in [1.807, 2.05) is 31.2 Å². The summed E-state index contributed by atoms with van der Waals surface area (Å²) >= 11 is 0. The summed E-state index contributed by atoms with van der Waals surface area (Å²) in [4.78, 5) is 6.58. The minimum Gasteiger partial charge on any atom is -0.497 e. The molecule has 2 aromatic rings. The number of hydrogen-bond donors (Lipinski definition) is 1. The highest BCUT2D eigenvalue weighted by Crippen LogP contribution is 2.34. The fraction of sp³-hybridized carbons (Fsp3) is 0.400. The van der Waals surface area contributed by atoms with Crippen molar-refractivity contribution in [3.05, 3.63) is 30.5 Å². The van der Waals surface area contributed by atoms with Crippen LogP contribution in [0.15, 0.2) is 30.5 Å². The van der Waals surface area contributed by atoms with Gasteiger partial charge in [-0.1, -0.05) is 6.92 Å². The van der Waals surface area contributed by atoms with Crippen LogP contribution in [0.5, 0.6) is 5.75 Å². The van der Waals surface area contributed by atoms with Crippen LogP contribution < -0.4 is 9.64 Å². The molecule has 1 aliphatic heterocycles. The Morgan fingerprint density at radius 2 is 2.16 bits per heavy atom. The molecule has 0 aliphatic carbocycles. The molecular formula is C15H18N2O2. The Kier molecular flexibility index (Phi) is 2.82. The third-order valence-corrected chi connectivity index (χ3v) is 3.88. The molecule has 1 aromatic carbocycles. The van der Waals surface area contributed by atoms with Crippen molar-refractivity contribution in [3.8, 4) is 5.75 Å². The van der Waals surface area contributed by atoms with Crippen LogP contribution in [0, 0.1) is 0 Å². The Labute approximate surface area is 112 Å². The van der Waals surface area contributed by atoms with E-state index in [9.17, 15) is 5.11 Å². The molecular weight excluding hydrogens is 240 g/mol. The molecule has 19 heavy (non-hydrogen) atoms. The van der Waals surface area contributed by atoms with E-state index in [0.29, 0.717) is 13.1 Å². The summed E-state index contributed by atoms with van der Waals surface area (Å²) in [7, 11) is 1.67. The van der Waals surface area contributed by atoms with Crippen LogP contribution in [0.2, 0.25) is 0 Å². The van der Waals surface area contributed by atoms with Gasteiger partial charge < -0.3 is 14.7 Å². The molecule has 0 saturated carbocycles. The van der Waals surface area contributed by atoms with Gasteiger partial charge in [-0.3, -0.25) is 0 Å². The number of ether oxygens (including phenoxy) is 1. The lowest BCUT2D eigenvalue weighted by atomic mass is 9.91. The minimum absolute atomic E-state index is 0.545. The lowest BCUT2D eigenvalue weighted by molar-refractivity contribution is 0.00824. The summed E-state index contributed by atoms with van der Waals surface area (Å²) in [5, 5.41) is 12.3. The summed E-state index contributed by atoms with van der Waals surface area (Å²) < 4.78 is 5.24. The second-order valence-corrected chi connectivity index (χ2v) is 5.16. The average molecular weight is 258 g/mol. The molecule has 1 aromatic heterocycles. The van der Waals surface area contributed by atoms with Crippen LogP contribution in [-0.4, -0.2) is 35.9 Å². The van der Waals surface area contributed by atoms with Crippen molar-refractivity contribution < 1.29 is 9.84 Å². The largest absolute Gasteiger partial charge is 0.497 e. The molecule has 0 spiro atoms. The predicted octanol–water partition coefficient (Wildman–Crippen LogP) is 2.20. The Bertz CT molecular complexity index is 606. The van der Waals surface area contributed by atoms with Crippen molar-refractivity contribution in [2.75, 3.05) is 25.1 Å². The predicted molar refractivity (Wildman–Crippen MR) is 75.7 cm³/mol. The van der Waals surface area contributed by atoms with E-state index in [-0.39, 0.29) is 0 Å². The van der Waals surface area contributed by atoms with Gasteiger partial charge in [-0.05, 0) is 36.1 Å². The van der Waals surface area contributed by atoms with E-state index < -0.39 is 5.60 Å². The molecule has 2 heterocycles. The maximum Gasteiger partial charge on any atom is 0.136 e. The molecule has 0 radical (unpaired) electrons. The minimum atomic E-state index is -0.545. The molecule has 4 heteroatoms. The number of pyridine rings is 1. The average Bonchev–Trinajstić information content (AvgIpc) is 2.42. The molecule has 1 aliphatic rings. The van der Waals surface area contributed by atoms with Crippen molar-refractivity contribution in [3.63, 3.8) is 0 Å². The van der Waals surface area contributed by atoms with Crippen molar-refractivity contribution in [2.24, 2.45) is 0 Å². The zero-order valence-electron chi connectivity index (χ0n) is 11.3. The summed E-state index contributed by atoms with van der Waals surface area (Å²) in [5.41, 5.74) is -0.545. The standard InChI is InChI=1S/C15H18N2O2/c1-3-15(18)9-17(10-15)14-13-5-4-12(19-2)8-11(13)6-7-16-14/h4-8,18H,3,9-10H2,1-2H3. The van der Waals surface area contributed by atoms with Gasteiger partial charge in [0.1, 0.15) is 11.6 Å². The van der Waals surface area contributed by atoms with E-state index >= 15 is 0 Å². The summed E-state index contributed by atoms with van der Waals surface area (Å²) in [6.07, 6.45) is 2.59. The van der Waals surface area contributed by atoms with Crippen LogP contribution in [0.1, 0.15) is 13.3 Å². The van der Waals surface area contributed by atoms with Gasteiger partial charge in [-0.25, -0.2) is 4.98 Å².